The number of allylic oxidation sites excluding steroid dienone is 4. The molecule has 0 radical (unpaired) electrons. The molecule has 1 aliphatic carbocycles. The second-order valence-electron chi connectivity index (χ2n) is 8.94. The molecule has 0 amide bonds. The van der Waals surface area contributed by atoms with Gasteiger partial charge in [0.15, 0.2) is 17.3 Å². The molecule has 35 heavy (non-hydrogen) atoms. The lowest BCUT2D eigenvalue weighted by molar-refractivity contribution is -0.123. The third-order valence-corrected chi connectivity index (χ3v) is 6.72. The molecule has 2 aliphatic rings. The number of Topliss-reactive ketones (excluding diaryl/α,β-unsaturated/α-hetero) is 2. The van der Waals surface area contributed by atoms with Crippen LogP contribution in [0.5, 0.6) is 17.2 Å². The summed E-state index contributed by atoms with van der Waals surface area (Å²) in [6, 6.07) is 7.55. The minimum absolute atomic E-state index is 0.000802. The van der Waals surface area contributed by atoms with Crippen LogP contribution < -0.4 is 10.1 Å². The Kier molecular flexibility index (Phi) is 4.84. The number of para-hydroxylation sites is 2. The fraction of sp³-hybridized carbons (Fsp3) is 0.231. The van der Waals surface area contributed by atoms with E-state index < -0.39 is 28.5 Å². The van der Waals surface area contributed by atoms with Crippen LogP contribution in [0.3, 0.4) is 0 Å². The van der Waals surface area contributed by atoms with Gasteiger partial charge in [0.05, 0.1) is 28.7 Å². The van der Waals surface area contributed by atoms with Crippen LogP contribution in [0.2, 0.25) is 0 Å². The van der Waals surface area contributed by atoms with Gasteiger partial charge >= 0.3 is 0 Å². The molecule has 0 saturated carbocycles. The molecule has 1 aromatic heterocycles. The lowest BCUT2D eigenvalue weighted by atomic mass is 9.70. The van der Waals surface area contributed by atoms with Gasteiger partial charge in [-0.2, -0.15) is 0 Å². The number of ether oxygens (including phenoxy) is 1. The zero-order valence-electron chi connectivity index (χ0n) is 19.6. The SMILES string of the molecule is CC(=O)c1c(O)c(C)c(O)c2c1OC1=CC(=O)/C(=C(/C)NCc3nc4ccccc4[nH]3)C(=O)[C@@]12C. The smallest absolute Gasteiger partial charge is 0.194 e. The predicted octanol–water partition coefficient (Wildman–Crippen LogP) is 3.23. The molecule has 0 bridgehead atoms. The molecule has 178 valence electrons. The third kappa shape index (κ3) is 3.08. The number of hydrogen-bond acceptors (Lipinski definition) is 8. The van der Waals surface area contributed by atoms with Crippen LogP contribution in [-0.2, 0) is 21.5 Å². The number of imidazole rings is 1. The Morgan fingerprint density at radius 2 is 1.89 bits per heavy atom. The number of phenolic OH excluding ortho intramolecular Hbond substituents is 2. The summed E-state index contributed by atoms with van der Waals surface area (Å²) in [5.41, 5.74) is 0.347. The lowest BCUT2D eigenvalue weighted by Gasteiger charge is -2.29. The van der Waals surface area contributed by atoms with E-state index in [0.29, 0.717) is 11.5 Å². The monoisotopic (exact) mass is 473 g/mol. The number of aromatic hydroxyl groups is 2. The first kappa shape index (κ1) is 22.4. The quantitative estimate of drug-likeness (QED) is 0.257. The molecule has 0 fully saturated rings. The normalized spacial score (nSPS) is 20.3. The number of benzene rings is 2. The van der Waals surface area contributed by atoms with Gasteiger partial charge < -0.3 is 25.3 Å². The van der Waals surface area contributed by atoms with Gasteiger partial charge in [0.25, 0.3) is 0 Å². The average Bonchev–Trinajstić information content (AvgIpc) is 3.35. The van der Waals surface area contributed by atoms with Crippen molar-refractivity contribution < 1.29 is 29.3 Å². The van der Waals surface area contributed by atoms with Crippen molar-refractivity contribution in [3.05, 3.63) is 69.9 Å². The number of nitrogens with one attached hydrogen (secondary N) is 2. The summed E-state index contributed by atoms with van der Waals surface area (Å²) < 4.78 is 5.78. The highest BCUT2D eigenvalue weighted by molar-refractivity contribution is 6.31. The van der Waals surface area contributed by atoms with Crippen molar-refractivity contribution in [2.24, 2.45) is 0 Å². The largest absolute Gasteiger partial charge is 0.507 e. The number of phenols is 2. The molecule has 0 saturated heterocycles. The Bertz CT molecular complexity index is 1510. The van der Waals surface area contributed by atoms with Crippen LogP contribution in [0, 0.1) is 6.92 Å². The Labute approximate surface area is 200 Å². The molecule has 1 aliphatic heterocycles. The Morgan fingerprint density at radius 1 is 1.17 bits per heavy atom. The van der Waals surface area contributed by atoms with Crippen molar-refractivity contribution in [1.29, 1.82) is 0 Å². The van der Waals surface area contributed by atoms with Gasteiger partial charge in [-0.05, 0) is 39.8 Å². The number of H-pyrrole nitrogens is 1. The minimum atomic E-state index is -1.55. The van der Waals surface area contributed by atoms with Crippen molar-refractivity contribution in [3.63, 3.8) is 0 Å². The van der Waals surface area contributed by atoms with Gasteiger partial charge in [0.2, 0.25) is 0 Å². The lowest BCUT2D eigenvalue weighted by Crippen LogP contribution is -2.41. The Morgan fingerprint density at radius 3 is 2.57 bits per heavy atom. The molecule has 4 N–H and O–H groups in total. The number of fused-ring (bicyclic) bond motifs is 4. The number of aromatic nitrogens is 2. The average molecular weight is 473 g/mol. The highest BCUT2D eigenvalue weighted by atomic mass is 16.5. The zero-order valence-corrected chi connectivity index (χ0v) is 19.6. The van der Waals surface area contributed by atoms with E-state index in [1.165, 1.54) is 26.8 Å². The van der Waals surface area contributed by atoms with Crippen LogP contribution >= 0.6 is 0 Å². The molecule has 9 nitrogen and oxygen atoms in total. The maximum Gasteiger partial charge on any atom is 0.194 e. The summed E-state index contributed by atoms with van der Waals surface area (Å²) in [6.45, 7) is 6.09. The number of hydrogen-bond donors (Lipinski definition) is 4. The number of rotatable bonds is 4. The summed E-state index contributed by atoms with van der Waals surface area (Å²) in [4.78, 5) is 46.8. The van der Waals surface area contributed by atoms with E-state index in [1.807, 2.05) is 24.3 Å². The summed E-state index contributed by atoms with van der Waals surface area (Å²) in [5.74, 6) is -1.89. The molecule has 9 heteroatoms. The fourth-order valence-corrected chi connectivity index (χ4v) is 4.76. The zero-order chi connectivity index (χ0) is 25.2. The molecule has 0 spiro atoms. The van der Waals surface area contributed by atoms with E-state index in [9.17, 15) is 24.6 Å². The van der Waals surface area contributed by atoms with Crippen LogP contribution in [0.4, 0.5) is 0 Å². The Hall–Kier alpha value is -4.40. The molecular weight excluding hydrogens is 450 g/mol. The van der Waals surface area contributed by atoms with Gasteiger partial charge in [-0.3, -0.25) is 14.4 Å². The molecule has 0 unspecified atom stereocenters. The van der Waals surface area contributed by atoms with Crippen LogP contribution in [0.25, 0.3) is 11.0 Å². The van der Waals surface area contributed by atoms with Crippen LogP contribution in [-0.4, -0.2) is 37.5 Å². The first-order chi connectivity index (χ1) is 16.6. The predicted molar refractivity (Wildman–Crippen MR) is 126 cm³/mol. The highest BCUT2D eigenvalue weighted by Crippen LogP contribution is 2.57. The van der Waals surface area contributed by atoms with Gasteiger partial charge in [0, 0.05) is 17.3 Å². The van der Waals surface area contributed by atoms with E-state index in [0.717, 1.165) is 11.0 Å². The second-order valence-corrected chi connectivity index (χ2v) is 8.94. The van der Waals surface area contributed by atoms with Crippen molar-refractivity contribution in [1.82, 2.24) is 15.3 Å². The third-order valence-electron chi connectivity index (χ3n) is 6.72. The van der Waals surface area contributed by atoms with E-state index in [1.54, 1.807) is 6.92 Å². The first-order valence-corrected chi connectivity index (χ1v) is 11.0. The van der Waals surface area contributed by atoms with Crippen molar-refractivity contribution in [2.45, 2.75) is 39.7 Å². The van der Waals surface area contributed by atoms with Crippen molar-refractivity contribution in [2.75, 3.05) is 0 Å². The van der Waals surface area contributed by atoms with Gasteiger partial charge in [0.1, 0.15) is 39.8 Å². The van der Waals surface area contributed by atoms with Crippen molar-refractivity contribution >= 4 is 28.4 Å². The Balaban J connectivity index is 1.57. The maximum atomic E-state index is 13.8. The number of carbonyl (C=O) groups excluding carboxylic acids is 3. The van der Waals surface area contributed by atoms with Crippen LogP contribution in [0.15, 0.2) is 47.4 Å². The maximum absolute atomic E-state index is 13.8. The van der Waals surface area contributed by atoms with E-state index >= 15 is 0 Å². The second kappa shape index (κ2) is 7.56. The molecule has 5 rings (SSSR count). The molecule has 1 atom stereocenters. The van der Waals surface area contributed by atoms with Gasteiger partial charge in [-0.1, -0.05) is 12.1 Å². The summed E-state index contributed by atoms with van der Waals surface area (Å²) in [5, 5.41) is 24.4. The minimum Gasteiger partial charge on any atom is -0.507 e. The molecule has 2 aromatic carbocycles. The van der Waals surface area contributed by atoms with Gasteiger partial charge in [-0.25, -0.2) is 4.98 Å². The molecule has 2 heterocycles. The summed E-state index contributed by atoms with van der Waals surface area (Å²) in [6.07, 6.45) is 1.19. The number of carbonyl (C=O) groups is 3. The van der Waals surface area contributed by atoms with Gasteiger partial charge in [-0.15, -0.1) is 0 Å². The molecular formula is C26H23N3O6. The van der Waals surface area contributed by atoms with E-state index in [2.05, 4.69) is 15.3 Å². The number of ketones is 3. The summed E-state index contributed by atoms with van der Waals surface area (Å²) >= 11 is 0. The molecule has 3 aromatic rings. The van der Waals surface area contributed by atoms with E-state index in [4.69, 9.17) is 4.74 Å². The highest BCUT2D eigenvalue weighted by Gasteiger charge is 2.56. The van der Waals surface area contributed by atoms with E-state index in [-0.39, 0.29) is 46.1 Å². The summed E-state index contributed by atoms with van der Waals surface area (Å²) in [7, 11) is 0. The topological polar surface area (TPSA) is 142 Å². The number of aromatic amines is 1. The fourth-order valence-electron chi connectivity index (χ4n) is 4.76. The van der Waals surface area contributed by atoms with Crippen LogP contribution in [0.1, 0.15) is 48.1 Å². The first-order valence-electron chi connectivity index (χ1n) is 11.0. The standard InChI is InChI=1S/C26H23N3O6/c1-11-22(32)20(13(3)30)24-21(23(11)33)26(4)17(35-24)9-16(31)19(25(26)34)12(2)27-10-18-28-14-7-5-6-8-15(14)29-18/h5-9,27,32-33H,10H2,1-4H3,(H,28,29)/b19-12+/t26-/m0/s1. The van der Waals surface area contributed by atoms with Crippen molar-refractivity contribution in [3.8, 4) is 17.2 Å². The number of nitrogens with zero attached hydrogens (tertiary/aromatic N) is 1.